The van der Waals surface area contributed by atoms with Crippen molar-refractivity contribution < 1.29 is 75.4 Å². The van der Waals surface area contributed by atoms with Gasteiger partial charge in [-0.1, -0.05) is 67.0 Å². The number of hydrogen-bond acceptors (Lipinski definition) is 20. The zero-order valence-corrected chi connectivity index (χ0v) is 45.2. The molecule has 9 atom stereocenters. The molecule has 2 aromatic carbocycles. The molecular formula is C42H60N9O16P3S3. The van der Waals surface area contributed by atoms with Crippen LogP contribution in [0.15, 0.2) is 81.6 Å². The number of thioether (sulfide) groups is 1. The Balaban J connectivity index is 0.969. The number of phosphoric acid groups is 3. The molecule has 2 aromatic rings. The average Bonchev–Trinajstić information content (AvgIpc) is 3.99. The van der Waals surface area contributed by atoms with Crippen molar-refractivity contribution in [1.29, 1.82) is 0 Å². The van der Waals surface area contributed by atoms with Crippen LogP contribution in [-0.2, 0) is 47.7 Å². The van der Waals surface area contributed by atoms with E-state index in [9.17, 15) is 43.0 Å². The summed E-state index contributed by atoms with van der Waals surface area (Å²) in [5.74, 6) is 0.691. The van der Waals surface area contributed by atoms with Crippen LogP contribution in [0, 0.1) is 0 Å². The zero-order chi connectivity index (χ0) is 53.1. The number of azo groups is 1. The first-order valence-electron chi connectivity index (χ1n) is 22.7. The summed E-state index contributed by atoms with van der Waals surface area (Å²) in [6.45, 7) is 7.43. The van der Waals surface area contributed by atoms with E-state index in [1.165, 1.54) is 16.9 Å². The number of ether oxygens (including phenoxy) is 2. The molecule has 4 aliphatic heterocycles. The number of carbonyl (C=O) groups is 3. The topological polar surface area (TPSA) is 364 Å². The Hall–Kier alpha value is -3.82. The maximum Gasteiger partial charge on any atom is 0.490 e. The zero-order valence-electron chi connectivity index (χ0n) is 40.0. The number of urea groups is 1. The third-order valence-electron chi connectivity index (χ3n) is 11.0. The molecule has 3 saturated heterocycles. The molecule has 7 unspecified atom stereocenters. The Bertz CT molecular complexity index is 2570. The number of hydrogen-bond donors (Lipinski definition) is 10. The predicted octanol–water partition coefficient (Wildman–Crippen LogP) is 6.32. The molecule has 3 fully saturated rings. The van der Waals surface area contributed by atoms with Gasteiger partial charge in [0, 0.05) is 59.0 Å². The minimum atomic E-state index is -5.74. The number of amidine groups is 1. The van der Waals surface area contributed by atoms with Crippen LogP contribution in [0.5, 0.6) is 5.75 Å². The van der Waals surface area contributed by atoms with E-state index in [0.717, 1.165) is 30.6 Å². The van der Waals surface area contributed by atoms with Crippen molar-refractivity contribution in [2.24, 2.45) is 21.0 Å². The van der Waals surface area contributed by atoms with Gasteiger partial charge in [-0.05, 0) is 61.7 Å². The second-order valence-corrected chi connectivity index (χ2v) is 26.7. The molecule has 4 heterocycles. The smallest absolute Gasteiger partial charge is 0.490 e. The first-order valence-corrected chi connectivity index (χ1v) is 30.6. The number of aromatic hydroxyl groups is 1. The normalized spacial score (nSPS) is 24.9. The molecule has 6 rings (SSSR count). The lowest BCUT2D eigenvalue weighted by atomic mass is 10.0. The summed E-state index contributed by atoms with van der Waals surface area (Å²) >= 11 is 1.85. The molecule has 402 valence electrons. The maximum absolute atomic E-state index is 13.0. The highest BCUT2D eigenvalue weighted by Crippen LogP contribution is 2.66. The second-order valence-electron chi connectivity index (χ2n) is 17.9. The fourth-order valence-electron chi connectivity index (χ4n) is 7.68. The van der Waals surface area contributed by atoms with Crippen LogP contribution in [-0.4, -0.2) is 125 Å². The van der Waals surface area contributed by atoms with E-state index in [0.29, 0.717) is 28.5 Å². The highest BCUT2D eigenvalue weighted by atomic mass is 33.1. The molecule has 0 radical (unpaired) electrons. The maximum atomic E-state index is 13.0. The summed E-state index contributed by atoms with van der Waals surface area (Å²) in [4.78, 5) is 80.8. The van der Waals surface area contributed by atoms with Crippen LogP contribution in [0.25, 0.3) is 0 Å². The van der Waals surface area contributed by atoms with Gasteiger partial charge in [0.1, 0.15) is 41.7 Å². The number of nitrogens with one attached hydrogen (secondary N) is 4. The van der Waals surface area contributed by atoms with Crippen LogP contribution >= 0.6 is 56.8 Å². The number of nitrogens with zero attached hydrogens (tertiary/aromatic N) is 4. The van der Waals surface area contributed by atoms with E-state index in [1.54, 1.807) is 77.4 Å². The van der Waals surface area contributed by atoms with Crippen molar-refractivity contribution in [3.05, 3.63) is 77.5 Å². The fourth-order valence-corrected chi connectivity index (χ4v) is 14.3. The van der Waals surface area contributed by atoms with Gasteiger partial charge in [-0.2, -0.15) is 25.5 Å². The summed E-state index contributed by atoms with van der Waals surface area (Å²) in [6, 6.07) is 11.3. The lowest BCUT2D eigenvalue weighted by Gasteiger charge is -2.34. The molecule has 25 nitrogen and oxygen atoms in total. The molecule has 31 heteroatoms. The molecular weight excluding hydrogens is 1080 g/mol. The van der Waals surface area contributed by atoms with Gasteiger partial charge >= 0.3 is 29.5 Å². The first-order chi connectivity index (χ1) is 34.3. The van der Waals surface area contributed by atoms with E-state index < -0.39 is 54.7 Å². The number of nitrogens with two attached hydrogens (primary N) is 1. The monoisotopic (exact) mass is 1140 g/mol. The summed E-state index contributed by atoms with van der Waals surface area (Å²) < 4.78 is 60.2. The Morgan fingerprint density at radius 3 is 2.52 bits per heavy atom. The van der Waals surface area contributed by atoms with Gasteiger partial charge in [0.15, 0.2) is 0 Å². The van der Waals surface area contributed by atoms with Crippen molar-refractivity contribution in [3.8, 4) is 5.75 Å². The number of benzene rings is 2. The SMILES string of the molecule is CC1N=C(N)C(/C=C/CNC(=O)c2ccc(/N=N/c3cc(CNC(=O)CCCCC4SCC5NC(=O)NC54)ccc3O)cc2)=CN1[C@H]1CC(OCSSC(C)(C)C)[C@@H](COP(=O)(O)OP(=O)(O)OP(=O)(O)O)O1. The highest BCUT2D eigenvalue weighted by Gasteiger charge is 2.45. The number of phosphoric ester groups is 1. The second kappa shape index (κ2) is 25.8. The van der Waals surface area contributed by atoms with Crippen LogP contribution in [0.3, 0.4) is 0 Å². The van der Waals surface area contributed by atoms with Crippen LogP contribution in [0.1, 0.15) is 75.7 Å². The van der Waals surface area contributed by atoms with Crippen molar-refractivity contribution in [1.82, 2.24) is 26.2 Å². The van der Waals surface area contributed by atoms with E-state index in [2.05, 4.69) is 45.1 Å². The Labute approximate surface area is 433 Å². The van der Waals surface area contributed by atoms with Crippen LogP contribution in [0.2, 0.25) is 0 Å². The van der Waals surface area contributed by atoms with Crippen molar-refractivity contribution in [2.45, 2.75) is 113 Å². The average molecular weight is 1140 g/mol. The lowest BCUT2D eigenvalue weighted by molar-refractivity contribution is -0.121. The van der Waals surface area contributed by atoms with Gasteiger partial charge in [-0.25, -0.2) is 23.5 Å². The number of fused-ring (bicyclic) bond motifs is 1. The molecule has 0 saturated carbocycles. The molecule has 4 amide bonds. The van der Waals surface area contributed by atoms with Crippen molar-refractivity contribution in [3.63, 3.8) is 0 Å². The third-order valence-corrected chi connectivity index (χ3v) is 19.3. The quantitative estimate of drug-likeness (QED) is 0.0130. The Morgan fingerprint density at radius 1 is 1.04 bits per heavy atom. The number of aliphatic imine (C=N–C) groups is 1. The summed E-state index contributed by atoms with van der Waals surface area (Å²) in [6.07, 6.45) is 4.97. The van der Waals surface area contributed by atoms with E-state index in [4.69, 9.17) is 29.5 Å². The van der Waals surface area contributed by atoms with Gasteiger partial charge in [0.25, 0.3) is 5.91 Å². The fraction of sp³-hybridized carbons (Fsp3) is 0.524. The Kier molecular flexibility index (Phi) is 20.7. The number of phenols is 1. The van der Waals surface area contributed by atoms with E-state index in [1.807, 2.05) is 32.5 Å². The number of carbonyl (C=O) groups excluding carboxylic acids is 3. The number of unbranched alkanes of at least 4 members (excludes halogenated alkanes) is 1. The minimum Gasteiger partial charge on any atom is -0.506 e. The lowest BCUT2D eigenvalue weighted by Crippen LogP contribution is -2.41. The third kappa shape index (κ3) is 18.8. The molecule has 0 aromatic heterocycles. The Morgan fingerprint density at radius 2 is 1.79 bits per heavy atom. The van der Waals surface area contributed by atoms with Crippen LogP contribution < -0.4 is 27.0 Å². The molecule has 0 spiro atoms. The van der Waals surface area contributed by atoms with Gasteiger partial charge in [0.05, 0.1) is 30.5 Å². The minimum absolute atomic E-state index is 0.0921. The largest absolute Gasteiger partial charge is 0.506 e. The standard InChI is InChI=1S/C42H60N9O16P3S3/c1-25-46-39(43)28(21-51(25)37-19-33(63-24-72-73-42(2,3)4)34(65-37)22-64-69(59,60)67-70(61,62)66-68(56,57)58)8-7-17-44-40(54)27-12-14-29(15-13-27)49-50-30-18-26(11-16-32(30)52)20-45-36(53)10-6-5-9-35-38-31(23-71-35)47-41(55)48-38/h7-8,11-16,18,21,25,31,33-35,37-38,52H,5-6,9-10,17,19-20,22-24H2,1-4H3,(H2,43,46)(H,44,54)(H,45,53)(H,59,60)(H,61,62)(H2,47,48,55)(H2,56,57,58)/b8-7+,50-49+/t25?,31?,33?,34-,35?,37-,38?/m1/s1. The highest BCUT2D eigenvalue weighted by molar-refractivity contribution is 8.77. The van der Waals surface area contributed by atoms with Crippen molar-refractivity contribution in [2.75, 3.05) is 24.8 Å². The van der Waals surface area contributed by atoms with Gasteiger partial charge in [-0.15, -0.1) is 5.11 Å². The van der Waals surface area contributed by atoms with Gasteiger partial charge in [0.2, 0.25) is 5.91 Å². The summed E-state index contributed by atoms with van der Waals surface area (Å²) in [5, 5.41) is 30.8. The summed E-state index contributed by atoms with van der Waals surface area (Å²) in [7, 11) is -13.8. The van der Waals surface area contributed by atoms with E-state index in [-0.39, 0.29) is 77.4 Å². The first kappa shape index (κ1) is 58.4. The molecule has 73 heavy (non-hydrogen) atoms. The number of phenolic OH excluding ortho intramolecular Hbond substituents is 1. The molecule has 0 aliphatic carbocycles. The molecule has 4 aliphatic rings. The van der Waals surface area contributed by atoms with Gasteiger partial charge < -0.3 is 66.1 Å². The number of rotatable bonds is 25. The van der Waals surface area contributed by atoms with Crippen molar-refractivity contribution >= 4 is 91.9 Å². The summed E-state index contributed by atoms with van der Waals surface area (Å²) in [5.41, 5.74) is 8.42. The molecule has 0 bridgehead atoms. The predicted molar refractivity (Wildman–Crippen MR) is 275 cm³/mol. The number of amides is 4. The van der Waals surface area contributed by atoms with E-state index >= 15 is 0 Å². The molecule has 11 N–H and O–H groups in total. The van der Waals surface area contributed by atoms with Crippen LogP contribution in [0.4, 0.5) is 16.2 Å². The van der Waals surface area contributed by atoms with Gasteiger partial charge in [-0.3, -0.25) is 14.1 Å².